The number of benzene rings is 1. The lowest BCUT2D eigenvalue weighted by molar-refractivity contribution is 0.587. The maximum Gasteiger partial charge on any atom is 0.262 e. The zero-order valence-electron chi connectivity index (χ0n) is 11.4. The fourth-order valence-corrected chi connectivity index (χ4v) is 2.77. The van der Waals surface area contributed by atoms with Gasteiger partial charge in [-0.15, -0.1) is 0 Å². The van der Waals surface area contributed by atoms with E-state index in [1.54, 1.807) is 18.2 Å². The summed E-state index contributed by atoms with van der Waals surface area (Å²) in [5.41, 5.74) is 1.34. The van der Waals surface area contributed by atoms with E-state index in [1.807, 2.05) is 19.9 Å². The number of nitrogens with one attached hydrogen (secondary N) is 3. The van der Waals surface area contributed by atoms with Gasteiger partial charge in [0.25, 0.3) is 10.0 Å². The summed E-state index contributed by atoms with van der Waals surface area (Å²) in [7, 11) is -3.58. The van der Waals surface area contributed by atoms with Crippen LogP contribution in [0.1, 0.15) is 19.4 Å². The van der Waals surface area contributed by atoms with Crippen LogP contribution in [0.2, 0.25) is 0 Å². The number of nitrogens with zero attached hydrogens (tertiary/aromatic N) is 1. The van der Waals surface area contributed by atoms with Crippen LogP contribution in [0, 0.1) is 0 Å². The fourth-order valence-electron chi connectivity index (χ4n) is 1.67. The quantitative estimate of drug-likeness (QED) is 0.757. The van der Waals surface area contributed by atoms with Gasteiger partial charge in [0, 0.05) is 18.8 Å². The normalized spacial score (nSPS) is 11.8. The summed E-state index contributed by atoms with van der Waals surface area (Å²) in [5, 5.41) is 9.52. The second-order valence-electron chi connectivity index (χ2n) is 4.78. The SMILES string of the molecule is CC(C)NCc1cccc(S(=O)(=O)Nc2cn[nH]c2)c1. The Bertz CT molecular complexity index is 651. The molecule has 2 rings (SSSR count). The first kappa shape index (κ1) is 14.5. The number of aromatic amines is 1. The van der Waals surface area contributed by atoms with E-state index < -0.39 is 10.0 Å². The standard InChI is InChI=1S/C13H18N4O2S/c1-10(2)14-7-11-4-3-5-13(6-11)20(18,19)17-12-8-15-16-9-12/h3-6,8-10,14,17H,7H2,1-2H3,(H,15,16). The third-order valence-corrected chi connectivity index (χ3v) is 4.05. The highest BCUT2D eigenvalue weighted by atomic mass is 32.2. The maximum absolute atomic E-state index is 12.2. The molecule has 0 atom stereocenters. The minimum atomic E-state index is -3.58. The highest BCUT2D eigenvalue weighted by Gasteiger charge is 2.15. The van der Waals surface area contributed by atoms with Gasteiger partial charge in [-0.1, -0.05) is 26.0 Å². The molecular formula is C13H18N4O2S. The first-order valence-electron chi connectivity index (χ1n) is 6.31. The van der Waals surface area contributed by atoms with Crippen LogP contribution in [0.4, 0.5) is 5.69 Å². The van der Waals surface area contributed by atoms with Gasteiger partial charge in [-0.25, -0.2) is 8.42 Å². The molecule has 0 spiro atoms. The van der Waals surface area contributed by atoms with Gasteiger partial charge in [-0.3, -0.25) is 9.82 Å². The van der Waals surface area contributed by atoms with E-state index in [1.165, 1.54) is 12.4 Å². The molecular weight excluding hydrogens is 276 g/mol. The summed E-state index contributed by atoms with van der Waals surface area (Å²) < 4.78 is 26.9. The smallest absolute Gasteiger partial charge is 0.262 e. The first-order valence-corrected chi connectivity index (χ1v) is 7.79. The molecule has 7 heteroatoms. The molecule has 0 fully saturated rings. The Morgan fingerprint density at radius 1 is 1.35 bits per heavy atom. The molecule has 0 aliphatic rings. The molecule has 0 aliphatic carbocycles. The first-order chi connectivity index (χ1) is 9.47. The number of sulfonamides is 1. The van der Waals surface area contributed by atoms with Crippen LogP contribution in [-0.2, 0) is 16.6 Å². The van der Waals surface area contributed by atoms with Crippen molar-refractivity contribution in [1.82, 2.24) is 15.5 Å². The van der Waals surface area contributed by atoms with Crippen molar-refractivity contribution in [1.29, 1.82) is 0 Å². The monoisotopic (exact) mass is 294 g/mol. The van der Waals surface area contributed by atoms with Crippen LogP contribution >= 0.6 is 0 Å². The molecule has 0 saturated carbocycles. The molecule has 0 unspecified atom stereocenters. The van der Waals surface area contributed by atoms with Gasteiger partial charge < -0.3 is 5.32 Å². The average Bonchev–Trinajstić information content (AvgIpc) is 2.89. The van der Waals surface area contributed by atoms with E-state index in [4.69, 9.17) is 0 Å². The number of hydrogen-bond donors (Lipinski definition) is 3. The molecule has 0 radical (unpaired) electrons. The number of hydrogen-bond acceptors (Lipinski definition) is 4. The zero-order chi connectivity index (χ0) is 14.6. The molecule has 0 amide bonds. The molecule has 20 heavy (non-hydrogen) atoms. The van der Waals surface area contributed by atoms with Gasteiger partial charge in [0.2, 0.25) is 0 Å². The Balaban J connectivity index is 2.17. The van der Waals surface area contributed by atoms with E-state index in [0.29, 0.717) is 18.3 Å². The van der Waals surface area contributed by atoms with Crippen LogP contribution in [0.25, 0.3) is 0 Å². The van der Waals surface area contributed by atoms with Crippen LogP contribution in [0.3, 0.4) is 0 Å². The molecule has 1 heterocycles. The molecule has 1 aromatic carbocycles. The van der Waals surface area contributed by atoms with E-state index in [0.717, 1.165) is 5.56 Å². The molecule has 1 aromatic heterocycles. The largest absolute Gasteiger partial charge is 0.310 e. The second kappa shape index (κ2) is 6.06. The van der Waals surface area contributed by atoms with Crippen LogP contribution in [0.15, 0.2) is 41.6 Å². The number of rotatable bonds is 6. The van der Waals surface area contributed by atoms with Crippen molar-refractivity contribution in [2.45, 2.75) is 31.3 Å². The zero-order valence-corrected chi connectivity index (χ0v) is 12.2. The van der Waals surface area contributed by atoms with E-state index in [2.05, 4.69) is 20.2 Å². The second-order valence-corrected chi connectivity index (χ2v) is 6.46. The lowest BCUT2D eigenvalue weighted by Gasteiger charge is -2.10. The highest BCUT2D eigenvalue weighted by molar-refractivity contribution is 7.92. The number of aromatic nitrogens is 2. The lowest BCUT2D eigenvalue weighted by atomic mass is 10.2. The molecule has 6 nitrogen and oxygen atoms in total. The number of anilines is 1. The Morgan fingerprint density at radius 2 is 2.15 bits per heavy atom. The Morgan fingerprint density at radius 3 is 2.80 bits per heavy atom. The van der Waals surface area contributed by atoms with Crippen molar-refractivity contribution in [3.05, 3.63) is 42.2 Å². The summed E-state index contributed by atoms with van der Waals surface area (Å²) in [6, 6.07) is 7.21. The average molecular weight is 294 g/mol. The highest BCUT2D eigenvalue weighted by Crippen LogP contribution is 2.16. The third kappa shape index (κ3) is 3.82. The number of H-pyrrole nitrogens is 1. The van der Waals surface area contributed by atoms with Gasteiger partial charge in [0.1, 0.15) is 0 Å². The molecule has 3 N–H and O–H groups in total. The summed E-state index contributed by atoms with van der Waals surface area (Å²) in [5.74, 6) is 0. The summed E-state index contributed by atoms with van der Waals surface area (Å²) in [6.45, 7) is 4.72. The Labute approximate surface area is 118 Å². The maximum atomic E-state index is 12.2. The molecule has 0 saturated heterocycles. The summed E-state index contributed by atoms with van der Waals surface area (Å²) >= 11 is 0. The summed E-state index contributed by atoms with van der Waals surface area (Å²) in [4.78, 5) is 0.238. The van der Waals surface area contributed by atoms with Crippen molar-refractivity contribution in [2.24, 2.45) is 0 Å². The van der Waals surface area contributed by atoms with Crippen LogP contribution in [-0.4, -0.2) is 24.7 Å². The van der Waals surface area contributed by atoms with E-state index in [-0.39, 0.29) is 4.90 Å². The van der Waals surface area contributed by atoms with E-state index >= 15 is 0 Å². The molecule has 2 aromatic rings. The predicted octanol–water partition coefficient (Wildman–Crippen LogP) is 1.71. The van der Waals surface area contributed by atoms with Gasteiger partial charge in [-0.05, 0) is 17.7 Å². The minimum Gasteiger partial charge on any atom is -0.310 e. The van der Waals surface area contributed by atoms with Crippen molar-refractivity contribution in [3.8, 4) is 0 Å². The minimum absolute atomic E-state index is 0.238. The molecule has 108 valence electrons. The van der Waals surface area contributed by atoms with Gasteiger partial charge in [-0.2, -0.15) is 5.10 Å². The van der Waals surface area contributed by atoms with E-state index in [9.17, 15) is 8.42 Å². The Kier molecular flexibility index (Phi) is 4.41. The van der Waals surface area contributed by atoms with Crippen molar-refractivity contribution >= 4 is 15.7 Å². The van der Waals surface area contributed by atoms with Gasteiger partial charge >= 0.3 is 0 Å². The molecule has 0 bridgehead atoms. The fraction of sp³-hybridized carbons (Fsp3) is 0.308. The van der Waals surface area contributed by atoms with Crippen molar-refractivity contribution in [2.75, 3.05) is 4.72 Å². The van der Waals surface area contributed by atoms with Gasteiger partial charge in [0.15, 0.2) is 0 Å². The van der Waals surface area contributed by atoms with Gasteiger partial charge in [0.05, 0.1) is 16.8 Å². The lowest BCUT2D eigenvalue weighted by Crippen LogP contribution is -2.22. The van der Waals surface area contributed by atoms with Crippen molar-refractivity contribution < 1.29 is 8.42 Å². The van der Waals surface area contributed by atoms with Crippen LogP contribution < -0.4 is 10.0 Å². The topological polar surface area (TPSA) is 86.9 Å². The van der Waals surface area contributed by atoms with Crippen LogP contribution in [0.5, 0.6) is 0 Å². The van der Waals surface area contributed by atoms with Crippen molar-refractivity contribution in [3.63, 3.8) is 0 Å². The Hall–Kier alpha value is -1.86. The molecule has 0 aliphatic heterocycles. The third-order valence-electron chi connectivity index (χ3n) is 2.67. The summed E-state index contributed by atoms with van der Waals surface area (Å²) in [6.07, 6.45) is 2.91. The predicted molar refractivity (Wildman–Crippen MR) is 77.8 cm³/mol.